The minimum absolute atomic E-state index is 0.0485. The largest absolute Gasteiger partial charge is 0.389 e. The predicted octanol–water partition coefficient (Wildman–Crippen LogP) is 2.58. The van der Waals surface area contributed by atoms with Gasteiger partial charge in [-0.3, -0.25) is 4.90 Å². The Morgan fingerprint density at radius 3 is 2.79 bits per heavy atom. The van der Waals surface area contributed by atoms with Crippen LogP contribution in [0, 0.1) is 0 Å². The molecule has 0 spiro atoms. The van der Waals surface area contributed by atoms with Crippen molar-refractivity contribution in [2.75, 3.05) is 13.1 Å². The summed E-state index contributed by atoms with van der Waals surface area (Å²) in [5, 5.41) is 10.9. The van der Waals surface area contributed by atoms with Crippen LogP contribution < -0.4 is 5.73 Å². The lowest BCUT2D eigenvalue weighted by molar-refractivity contribution is 0.0593. The molecule has 19 heavy (non-hydrogen) atoms. The zero-order chi connectivity index (χ0) is 14.0. The van der Waals surface area contributed by atoms with Gasteiger partial charge in [-0.25, -0.2) is 0 Å². The molecule has 0 saturated carbocycles. The zero-order valence-corrected chi connectivity index (χ0v) is 12.4. The summed E-state index contributed by atoms with van der Waals surface area (Å²) in [5.41, 5.74) is 6.83. The maximum Gasteiger partial charge on any atom is 0.0758 e. The SMILES string of the molecule is CCC(N)C(c1cccc(Cl)c1)N1CCC(C)(O)C1. The van der Waals surface area contributed by atoms with E-state index in [0.717, 1.165) is 30.0 Å². The molecule has 0 aromatic heterocycles. The summed E-state index contributed by atoms with van der Waals surface area (Å²) in [7, 11) is 0. The monoisotopic (exact) mass is 282 g/mol. The van der Waals surface area contributed by atoms with Crippen molar-refractivity contribution in [1.29, 1.82) is 0 Å². The van der Waals surface area contributed by atoms with Gasteiger partial charge in [0, 0.05) is 24.2 Å². The number of likely N-dealkylation sites (tertiary alicyclic amines) is 1. The Labute approximate surface area is 120 Å². The third-order valence-corrected chi connectivity index (χ3v) is 4.18. The minimum Gasteiger partial charge on any atom is -0.389 e. The molecule has 0 aliphatic carbocycles. The van der Waals surface area contributed by atoms with Crippen LogP contribution in [0.25, 0.3) is 0 Å². The topological polar surface area (TPSA) is 49.5 Å². The molecule has 0 amide bonds. The highest BCUT2D eigenvalue weighted by molar-refractivity contribution is 6.30. The Kier molecular flexibility index (Phi) is 4.51. The van der Waals surface area contributed by atoms with Crippen LogP contribution in [0.15, 0.2) is 24.3 Å². The second kappa shape index (κ2) is 5.80. The van der Waals surface area contributed by atoms with E-state index >= 15 is 0 Å². The van der Waals surface area contributed by atoms with Crippen molar-refractivity contribution in [3.8, 4) is 0 Å². The van der Waals surface area contributed by atoms with E-state index in [0.29, 0.717) is 6.54 Å². The van der Waals surface area contributed by atoms with Crippen LogP contribution in [0.1, 0.15) is 38.3 Å². The van der Waals surface area contributed by atoms with Crippen LogP contribution in [0.3, 0.4) is 0 Å². The normalized spacial score (nSPS) is 27.4. The van der Waals surface area contributed by atoms with Gasteiger partial charge in [0.05, 0.1) is 11.6 Å². The molecule has 3 nitrogen and oxygen atoms in total. The molecule has 106 valence electrons. The molecule has 1 aliphatic heterocycles. The van der Waals surface area contributed by atoms with Crippen LogP contribution in [-0.2, 0) is 0 Å². The fourth-order valence-electron chi connectivity index (χ4n) is 2.86. The Balaban J connectivity index is 2.27. The Morgan fingerprint density at radius 1 is 1.53 bits per heavy atom. The van der Waals surface area contributed by atoms with Crippen molar-refractivity contribution < 1.29 is 5.11 Å². The van der Waals surface area contributed by atoms with Gasteiger partial charge >= 0.3 is 0 Å². The fraction of sp³-hybridized carbons (Fsp3) is 0.600. The molecule has 1 aromatic rings. The van der Waals surface area contributed by atoms with E-state index in [1.807, 2.05) is 25.1 Å². The lowest BCUT2D eigenvalue weighted by Gasteiger charge is -2.33. The molecule has 1 aliphatic rings. The van der Waals surface area contributed by atoms with E-state index in [4.69, 9.17) is 17.3 Å². The van der Waals surface area contributed by atoms with Crippen molar-refractivity contribution in [2.24, 2.45) is 5.73 Å². The molecule has 2 rings (SSSR count). The van der Waals surface area contributed by atoms with Crippen molar-refractivity contribution in [3.63, 3.8) is 0 Å². The molecule has 3 unspecified atom stereocenters. The highest BCUT2D eigenvalue weighted by atomic mass is 35.5. The Hall–Kier alpha value is -0.610. The number of β-amino-alcohol motifs (C(OH)–C–C–N with tert-alkyl or cyclic N) is 1. The van der Waals surface area contributed by atoms with Crippen LogP contribution in [0.5, 0.6) is 0 Å². The third kappa shape index (κ3) is 3.48. The van der Waals surface area contributed by atoms with Gasteiger partial charge in [0.15, 0.2) is 0 Å². The summed E-state index contributed by atoms with van der Waals surface area (Å²) in [4.78, 5) is 2.28. The fourth-order valence-corrected chi connectivity index (χ4v) is 3.06. The molecule has 0 radical (unpaired) electrons. The molecular formula is C15H23ClN2O. The van der Waals surface area contributed by atoms with E-state index in [2.05, 4.69) is 17.9 Å². The minimum atomic E-state index is -0.607. The zero-order valence-electron chi connectivity index (χ0n) is 11.6. The quantitative estimate of drug-likeness (QED) is 0.892. The lowest BCUT2D eigenvalue weighted by atomic mass is 9.96. The van der Waals surface area contributed by atoms with Gasteiger partial charge in [-0.2, -0.15) is 0 Å². The number of benzene rings is 1. The highest BCUT2D eigenvalue weighted by Crippen LogP contribution is 2.33. The first-order valence-electron chi connectivity index (χ1n) is 6.90. The van der Waals surface area contributed by atoms with E-state index in [9.17, 15) is 5.11 Å². The highest BCUT2D eigenvalue weighted by Gasteiger charge is 2.37. The van der Waals surface area contributed by atoms with Gasteiger partial charge in [0.1, 0.15) is 0 Å². The lowest BCUT2D eigenvalue weighted by Crippen LogP contribution is -2.41. The van der Waals surface area contributed by atoms with Gasteiger partial charge in [-0.05, 0) is 37.5 Å². The van der Waals surface area contributed by atoms with Gasteiger partial charge in [0.25, 0.3) is 0 Å². The van der Waals surface area contributed by atoms with E-state index < -0.39 is 5.60 Å². The standard InChI is InChI=1S/C15H23ClN2O/c1-3-13(17)14(11-5-4-6-12(16)9-11)18-8-7-15(2,19)10-18/h4-6,9,13-14,19H,3,7-8,10,17H2,1-2H3. The Bertz CT molecular complexity index is 436. The maximum absolute atomic E-state index is 10.2. The summed E-state index contributed by atoms with van der Waals surface area (Å²) in [6.45, 7) is 5.52. The van der Waals surface area contributed by atoms with Crippen LogP contribution >= 0.6 is 11.6 Å². The molecular weight excluding hydrogens is 260 g/mol. The van der Waals surface area contributed by atoms with Crippen LogP contribution in [0.2, 0.25) is 5.02 Å². The molecule has 0 bridgehead atoms. The molecule has 1 saturated heterocycles. The summed E-state index contributed by atoms with van der Waals surface area (Å²) in [5.74, 6) is 0. The molecule has 1 heterocycles. The molecule has 3 N–H and O–H groups in total. The summed E-state index contributed by atoms with van der Waals surface area (Å²) >= 11 is 6.09. The van der Waals surface area contributed by atoms with E-state index in [-0.39, 0.29) is 12.1 Å². The second-order valence-electron chi connectivity index (χ2n) is 5.79. The number of rotatable bonds is 4. The Morgan fingerprint density at radius 2 is 2.26 bits per heavy atom. The van der Waals surface area contributed by atoms with Gasteiger partial charge in [-0.1, -0.05) is 30.7 Å². The third-order valence-electron chi connectivity index (χ3n) is 3.94. The first kappa shape index (κ1) is 14.8. The first-order chi connectivity index (χ1) is 8.93. The van der Waals surface area contributed by atoms with E-state index in [1.165, 1.54) is 0 Å². The summed E-state index contributed by atoms with van der Waals surface area (Å²) in [6.07, 6.45) is 1.69. The van der Waals surface area contributed by atoms with Crippen molar-refractivity contribution >= 4 is 11.6 Å². The maximum atomic E-state index is 10.2. The van der Waals surface area contributed by atoms with Crippen LogP contribution in [0.4, 0.5) is 0 Å². The number of nitrogens with zero attached hydrogens (tertiary/aromatic N) is 1. The molecule has 4 heteroatoms. The number of aliphatic hydroxyl groups is 1. The van der Waals surface area contributed by atoms with Gasteiger partial charge < -0.3 is 10.8 Å². The smallest absolute Gasteiger partial charge is 0.0758 e. The van der Waals surface area contributed by atoms with Crippen LogP contribution in [-0.4, -0.2) is 34.7 Å². The van der Waals surface area contributed by atoms with Crippen molar-refractivity contribution in [3.05, 3.63) is 34.9 Å². The average molecular weight is 283 g/mol. The average Bonchev–Trinajstić information content (AvgIpc) is 2.69. The number of hydrogen-bond donors (Lipinski definition) is 2. The predicted molar refractivity (Wildman–Crippen MR) is 79.3 cm³/mol. The van der Waals surface area contributed by atoms with Gasteiger partial charge in [0.2, 0.25) is 0 Å². The molecule has 3 atom stereocenters. The van der Waals surface area contributed by atoms with Crippen molar-refractivity contribution in [1.82, 2.24) is 4.90 Å². The molecule has 1 aromatic carbocycles. The number of nitrogens with two attached hydrogens (primary N) is 1. The van der Waals surface area contributed by atoms with E-state index in [1.54, 1.807) is 0 Å². The molecule has 1 fully saturated rings. The second-order valence-corrected chi connectivity index (χ2v) is 6.23. The first-order valence-corrected chi connectivity index (χ1v) is 7.28. The number of halogens is 1. The summed E-state index contributed by atoms with van der Waals surface area (Å²) < 4.78 is 0. The van der Waals surface area contributed by atoms with Gasteiger partial charge in [-0.15, -0.1) is 0 Å². The summed E-state index contributed by atoms with van der Waals surface area (Å²) in [6, 6.07) is 8.06. The number of hydrogen-bond acceptors (Lipinski definition) is 3. The van der Waals surface area contributed by atoms with Crippen molar-refractivity contribution in [2.45, 2.75) is 44.4 Å².